The van der Waals surface area contributed by atoms with Gasteiger partial charge in [0.1, 0.15) is 10.8 Å². The Labute approximate surface area is 207 Å². The van der Waals surface area contributed by atoms with Gasteiger partial charge in [0.2, 0.25) is 5.91 Å². The Morgan fingerprint density at radius 1 is 1.15 bits per heavy atom. The zero-order valence-corrected chi connectivity index (χ0v) is 21.2. The second kappa shape index (κ2) is 11.1. The van der Waals surface area contributed by atoms with Gasteiger partial charge in [-0.3, -0.25) is 4.79 Å². The van der Waals surface area contributed by atoms with Gasteiger partial charge in [-0.05, 0) is 50.3 Å². The van der Waals surface area contributed by atoms with Crippen molar-refractivity contribution in [3.05, 3.63) is 40.3 Å². The van der Waals surface area contributed by atoms with E-state index in [1.54, 1.807) is 7.11 Å². The highest BCUT2D eigenvalue weighted by Crippen LogP contribution is 2.38. The van der Waals surface area contributed by atoms with Crippen LogP contribution in [0.2, 0.25) is 0 Å². The predicted octanol–water partition coefficient (Wildman–Crippen LogP) is 4.82. The third kappa shape index (κ3) is 4.97. The number of aromatic nitrogens is 3. The lowest BCUT2D eigenvalue weighted by atomic mass is 10.1. The van der Waals surface area contributed by atoms with E-state index < -0.39 is 5.97 Å². The molecular weight excluding hydrogens is 472 g/mol. The molecule has 0 fully saturated rings. The number of hydrogen-bond donors (Lipinski definition) is 1. The minimum Gasteiger partial charge on any atom is -0.496 e. The minimum atomic E-state index is -0.394. The number of carbonyl (C=O) groups excluding carboxylic acids is 2. The molecule has 34 heavy (non-hydrogen) atoms. The van der Waals surface area contributed by atoms with Gasteiger partial charge >= 0.3 is 5.97 Å². The maximum Gasteiger partial charge on any atom is 0.341 e. The molecule has 0 saturated carbocycles. The summed E-state index contributed by atoms with van der Waals surface area (Å²) in [5, 5.41) is 12.8. The molecule has 0 aliphatic heterocycles. The summed E-state index contributed by atoms with van der Waals surface area (Å²) in [5.41, 5.74) is 2.39. The van der Waals surface area contributed by atoms with Crippen LogP contribution in [0.4, 0.5) is 5.00 Å². The number of nitrogens with zero attached hydrogens (tertiary/aromatic N) is 3. The molecule has 0 spiro atoms. The lowest BCUT2D eigenvalue weighted by Crippen LogP contribution is -2.16. The normalized spacial score (nSPS) is 13.1. The van der Waals surface area contributed by atoms with Crippen LogP contribution in [-0.4, -0.2) is 46.6 Å². The number of aryl methyl sites for hydroxylation is 1. The molecule has 0 unspecified atom stereocenters. The van der Waals surface area contributed by atoms with Crippen LogP contribution in [0.15, 0.2) is 29.4 Å². The number of nitrogens with one attached hydrogen (secondary N) is 1. The number of benzene rings is 1. The van der Waals surface area contributed by atoms with Crippen LogP contribution in [0.1, 0.15) is 47.0 Å². The Morgan fingerprint density at radius 3 is 2.71 bits per heavy atom. The summed E-state index contributed by atoms with van der Waals surface area (Å²) in [7, 11) is 3.00. The molecule has 0 bridgehead atoms. The van der Waals surface area contributed by atoms with Crippen molar-refractivity contribution < 1.29 is 19.1 Å². The van der Waals surface area contributed by atoms with E-state index in [0.29, 0.717) is 33.8 Å². The van der Waals surface area contributed by atoms with Gasteiger partial charge in [-0.25, -0.2) is 4.79 Å². The van der Waals surface area contributed by atoms with Crippen LogP contribution in [0.25, 0.3) is 11.4 Å². The molecule has 3 aromatic rings. The zero-order valence-electron chi connectivity index (χ0n) is 19.6. The molecule has 0 saturated heterocycles. The lowest BCUT2D eigenvalue weighted by Gasteiger charge is -2.10. The van der Waals surface area contributed by atoms with Crippen LogP contribution < -0.4 is 10.1 Å². The average Bonchev–Trinajstić information content (AvgIpc) is 3.34. The molecule has 2 aromatic heterocycles. The van der Waals surface area contributed by atoms with Crippen molar-refractivity contribution in [1.29, 1.82) is 0 Å². The number of thioether (sulfide) groups is 1. The molecule has 180 valence electrons. The van der Waals surface area contributed by atoms with Gasteiger partial charge in [0.25, 0.3) is 0 Å². The number of carbonyl (C=O) groups is 2. The average molecular weight is 501 g/mol. The van der Waals surface area contributed by atoms with E-state index in [-0.39, 0.29) is 11.7 Å². The zero-order chi connectivity index (χ0) is 24.1. The molecule has 0 atom stereocenters. The lowest BCUT2D eigenvalue weighted by molar-refractivity contribution is -0.113. The fourth-order valence-corrected chi connectivity index (χ4v) is 6.25. The summed E-state index contributed by atoms with van der Waals surface area (Å²) in [6.45, 7) is 2.66. The smallest absolute Gasteiger partial charge is 0.341 e. The first kappa shape index (κ1) is 24.3. The molecule has 0 radical (unpaired) electrons. The SMILES string of the molecule is CCn1c(SCC(=O)Nc2sc3c(c2C(=O)OC)CCCCC3)nnc1-c1ccccc1OC. The Kier molecular flexibility index (Phi) is 7.89. The van der Waals surface area contributed by atoms with Crippen molar-refractivity contribution in [2.24, 2.45) is 0 Å². The Morgan fingerprint density at radius 2 is 1.94 bits per heavy atom. The maximum absolute atomic E-state index is 12.9. The van der Waals surface area contributed by atoms with E-state index in [4.69, 9.17) is 9.47 Å². The first-order valence-corrected chi connectivity index (χ1v) is 13.1. The second-order valence-corrected chi connectivity index (χ2v) is 9.90. The van der Waals surface area contributed by atoms with Gasteiger partial charge in [-0.15, -0.1) is 21.5 Å². The minimum absolute atomic E-state index is 0.146. The summed E-state index contributed by atoms with van der Waals surface area (Å²) < 4.78 is 12.5. The van der Waals surface area contributed by atoms with E-state index >= 15 is 0 Å². The van der Waals surface area contributed by atoms with E-state index in [1.807, 2.05) is 35.8 Å². The first-order chi connectivity index (χ1) is 16.6. The van der Waals surface area contributed by atoms with E-state index in [9.17, 15) is 9.59 Å². The second-order valence-electron chi connectivity index (χ2n) is 7.85. The highest BCUT2D eigenvalue weighted by Gasteiger charge is 2.26. The van der Waals surface area contributed by atoms with Crippen molar-refractivity contribution in [2.75, 3.05) is 25.3 Å². The molecule has 4 rings (SSSR count). The number of thiophene rings is 1. The van der Waals surface area contributed by atoms with E-state index in [2.05, 4.69) is 15.5 Å². The number of methoxy groups -OCH3 is 2. The standard InChI is InChI=1S/C24H28N4O4S2/c1-4-28-21(15-10-8-9-12-17(15)31-2)26-27-24(28)33-14-19(29)25-22-20(23(30)32-3)16-11-6-5-7-13-18(16)34-22/h8-10,12H,4-7,11,13-14H2,1-3H3,(H,25,29). The highest BCUT2D eigenvalue weighted by molar-refractivity contribution is 7.99. The fraction of sp³-hybridized carbons (Fsp3) is 0.417. The van der Waals surface area contributed by atoms with Crippen LogP contribution in [0, 0.1) is 0 Å². The van der Waals surface area contributed by atoms with E-state index in [0.717, 1.165) is 43.2 Å². The van der Waals surface area contributed by atoms with Crippen LogP contribution in [0.3, 0.4) is 0 Å². The Balaban J connectivity index is 1.50. The number of anilines is 1. The van der Waals surface area contributed by atoms with Gasteiger partial charge in [0, 0.05) is 11.4 Å². The van der Waals surface area contributed by atoms with Crippen LogP contribution >= 0.6 is 23.1 Å². The number of hydrogen-bond acceptors (Lipinski definition) is 8. The highest BCUT2D eigenvalue weighted by atomic mass is 32.2. The van der Waals surface area contributed by atoms with E-state index in [1.165, 1.54) is 35.1 Å². The number of fused-ring (bicyclic) bond motifs is 1. The Bertz CT molecular complexity index is 1190. The number of para-hydroxylation sites is 1. The number of amides is 1. The molecule has 10 heteroatoms. The van der Waals surface area contributed by atoms with Gasteiger partial charge in [-0.2, -0.15) is 0 Å². The third-order valence-corrected chi connectivity index (χ3v) is 7.95. The molecule has 1 aliphatic carbocycles. The molecule has 2 heterocycles. The molecule has 8 nitrogen and oxygen atoms in total. The fourth-order valence-electron chi connectivity index (χ4n) is 4.15. The number of ether oxygens (including phenoxy) is 2. The summed E-state index contributed by atoms with van der Waals surface area (Å²) >= 11 is 2.80. The molecule has 1 aliphatic rings. The van der Waals surface area contributed by atoms with Crippen LogP contribution in [0.5, 0.6) is 5.75 Å². The van der Waals surface area contributed by atoms with Crippen molar-refractivity contribution in [3.63, 3.8) is 0 Å². The predicted molar refractivity (Wildman–Crippen MR) is 134 cm³/mol. The Hall–Kier alpha value is -2.85. The summed E-state index contributed by atoms with van der Waals surface area (Å²) in [6, 6.07) is 7.65. The third-order valence-electron chi connectivity index (χ3n) is 5.78. The molecule has 1 aromatic carbocycles. The quantitative estimate of drug-likeness (QED) is 0.269. The maximum atomic E-state index is 12.9. The topological polar surface area (TPSA) is 95.3 Å². The van der Waals surface area contributed by atoms with Gasteiger partial charge in [0.15, 0.2) is 11.0 Å². The van der Waals surface area contributed by atoms with Gasteiger partial charge < -0.3 is 19.4 Å². The largest absolute Gasteiger partial charge is 0.496 e. The van der Waals surface area contributed by atoms with Crippen molar-refractivity contribution in [2.45, 2.75) is 50.7 Å². The van der Waals surface area contributed by atoms with Crippen molar-refractivity contribution in [3.8, 4) is 17.1 Å². The first-order valence-electron chi connectivity index (χ1n) is 11.3. The molecular formula is C24H28N4O4S2. The van der Waals surface area contributed by atoms with Crippen LogP contribution in [-0.2, 0) is 28.9 Å². The summed E-state index contributed by atoms with van der Waals surface area (Å²) in [5.74, 6) is 0.961. The molecule has 1 amide bonds. The van der Waals surface area contributed by atoms with Gasteiger partial charge in [0.05, 0.1) is 31.1 Å². The van der Waals surface area contributed by atoms with Crippen molar-refractivity contribution in [1.82, 2.24) is 14.8 Å². The summed E-state index contributed by atoms with van der Waals surface area (Å²) in [4.78, 5) is 26.5. The number of esters is 1. The van der Waals surface area contributed by atoms with Gasteiger partial charge in [-0.1, -0.05) is 30.3 Å². The molecule has 1 N–H and O–H groups in total. The van der Waals surface area contributed by atoms with Crippen molar-refractivity contribution >= 4 is 40.0 Å². The monoisotopic (exact) mass is 500 g/mol. The summed E-state index contributed by atoms with van der Waals surface area (Å²) in [6.07, 6.45) is 5.05. The number of rotatable bonds is 8.